The molecule has 6 atom stereocenters. The molecule has 0 amide bonds. The summed E-state index contributed by atoms with van der Waals surface area (Å²) in [5.74, 6) is 2.42. The van der Waals surface area contributed by atoms with Crippen molar-refractivity contribution in [2.45, 2.75) is 55.0 Å². The van der Waals surface area contributed by atoms with Crippen molar-refractivity contribution >= 4 is 22.6 Å². The van der Waals surface area contributed by atoms with Crippen LogP contribution in [0.15, 0.2) is 18.2 Å². The summed E-state index contributed by atoms with van der Waals surface area (Å²) in [6.07, 6.45) is 5.67. The second kappa shape index (κ2) is 4.85. The molecule has 0 radical (unpaired) electrons. The molecule has 3 heteroatoms. The van der Waals surface area contributed by atoms with Crippen LogP contribution in [0.4, 0.5) is 0 Å². The molecule has 0 spiro atoms. The van der Waals surface area contributed by atoms with Crippen LogP contribution in [-0.4, -0.2) is 20.2 Å². The zero-order valence-corrected chi connectivity index (χ0v) is 14.6. The minimum Gasteiger partial charge on any atom is -0.508 e. The van der Waals surface area contributed by atoms with E-state index in [4.69, 9.17) is 0 Å². The maximum atomic E-state index is 10.6. The van der Waals surface area contributed by atoms with Gasteiger partial charge in [-0.2, -0.15) is 0 Å². The molecule has 0 unspecified atom stereocenters. The minimum atomic E-state index is -0.134. The predicted octanol–water partition coefficient (Wildman–Crippen LogP) is 4.02. The molecule has 2 N–H and O–H groups in total. The van der Waals surface area contributed by atoms with Gasteiger partial charge in [0, 0.05) is 3.92 Å². The molecule has 3 aliphatic rings. The van der Waals surface area contributed by atoms with E-state index >= 15 is 0 Å². The number of aliphatic hydroxyl groups excluding tert-OH is 1. The van der Waals surface area contributed by atoms with Crippen molar-refractivity contribution in [2.24, 2.45) is 17.3 Å². The number of fused-ring (bicyclic) bond motifs is 5. The number of alkyl halides is 1. The van der Waals surface area contributed by atoms with E-state index in [2.05, 4.69) is 35.6 Å². The molecule has 2 nitrogen and oxygen atoms in total. The first-order chi connectivity index (χ1) is 10.0. The fraction of sp³-hybridized carbons (Fsp3) is 0.667. The Kier molecular flexibility index (Phi) is 3.31. The van der Waals surface area contributed by atoms with Crippen LogP contribution in [0.1, 0.15) is 49.7 Å². The number of aliphatic hydroxyl groups is 1. The molecule has 1 aromatic carbocycles. The zero-order chi connectivity index (χ0) is 14.8. The molecule has 0 aromatic heterocycles. The number of phenols is 1. The van der Waals surface area contributed by atoms with E-state index in [0.717, 1.165) is 18.8 Å². The Balaban J connectivity index is 1.71. The van der Waals surface area contributed by atoms with E-state index in [1.807, 2.05) is 12.1 Å². The second-order valence-corrected chi connectivity index (χ2v) is 9.14. The Labute approximate surface area is 140 Å². The number of rotatable bonds is 0. The number of aryl methyl sites for hydroxylation is 1. The second-order valence-electron chi connectivity index (χ2n) is 7.54. The molecule has 0 heterocycles. The van der Waals surface area contributed by atoms with E-state index in [9.17, 15) is 10.2 Å². The van der Waals surface area contributed by atoms with Crippen molar-refractivity contribution in [3.8, 4) is 5.75 Å². The quantitative estimate of drug-likeness (QED) is 0.516. The van der Waals surface area contributed by atoms with Crippen LogP contribution in [0.5, 0.6) is 5.75 Å². The van der Waals surface area contributed by atoms with E-state index in [1.165, 1.54) is 30.4 Å². The average molecular weight is 394 g/mol. The number of benzene rings is 1. The fourth-order valence-corrected chi connectivity index (χ4v) is 6.88. The Morgan fingerprint density at radius 2 is 2.10 bits per heavy atom. The van der Waals surface area contributed by atoms with E-state index < -0.39 is 0 Å². The third kappa shape index (κ3) is 1.99. The lowest BCUT2D eigenvalue weighted by Gasteiger charge is -2.50. The largest absolute Gasteiger partial charge is 0.508 e. The first-order valence-electron chi connectivity index (χ1n) is 8.14. The predicted molar refractivity (Wildman–Crippen MR) is 91.9 cm³/mol. The van der Waals surface area contributed by atoms with Gasteiger partial charge in [0.05, 0.1) is 6.10 Å². The van der Waals surface area contributed by atoms with Gasteiger partial charge in [-0.25, -0.2) is 0 Å². The highest BCUT2D eigenvalue weighted by Crippen LogP contribution is 2.62. The summed E-state index contributed by atoms with van der Waals surface area (Å²) < 4.78 is 0.414. The molecule has 0 saturated heterocycles. The van der Waals surface area contributed by atoms with Gasteiger partial charge in [-0.1, -0.05) is 35.6 Å². The Bertz CT molecular complexity index is 572. The Hall–Kier alpha value is -0.290. The number of hydrogen-bond donors (Lipinski definition) is 2. The Morgan fingerprint density at radius 3 is 2.90 bits per heavy atom. The monoisotopic (exact) mass is 394 g/mol. The summed E-state index contributed by atoms with van der Waals surface area (Å²) in [5, 5.41) is 20.3. The normalized spacial score (nSPS) is 44.8. The standard InChI is InChI=1S/C18H23IO2/c1-18-7-6-13-12-5-3-11(20)8-10(12)2-4-14(13)15(18)9-16(19)17(18)21/h3,5,8,13-17,20-21H,2,4,6-7,9H2,1H3/t13-,14-,15+,16-,17+,18+/m1/s1/i19-4. The highest BCUT2D eigenvalue weighted by Gasteiger charge is 2.57. The van der Waals surface area contributed by atoms with Gasteiger partial charge in [-0.15, -0.1) is 0 Å². The maximum Gasteiger partial charge on any atom is 0.115 e. The number of aromatic hydroxyl groups is 1. The van der Waals surface area contributed by atoms with Crippen molar-refractivity contribution in [2.75, 3.05) is 0 Å². The third-order valence-corrected chi connectivity index (χ3v) is 7.83. The first-order valence-corrected chi connectivity index (χ1v) is 9.39. The van der Waals surface area contributed by atoms with Gasteiger partial charge in [0.2, 0.25) is 0 Å². The van der Waals surface area contributed by atoms with Crippen LogP contribution in [0.25, 0.3) is 0 Å². The summed E-state index contributed by atoms with van der Waals surface area (Å²) in [7, 11) is 0. The van der Waals surface area contributed by atoms with Crippen LogP contribution < -0.4 is 0 Å². The molecule has 3 aliphatic carbocycles. The molecule has 4 rings (SSSR count). The van der Waals surface area contributed by atoms with Crippen LogP contribution in [-0.2, 0) is 6.42 Å². The van der Waals surface area contributed by atoms with Crippen LogP contribution in [0, 0.1) is 17.3 Å². The van der Waals surface area contributed by atoms with Gasteiger partial charge >= 0.3 is 0 Å². The maximum absolute atomic E-state index is 10.6. The lowest BCUT2D eigenvalue weighted by Crippen LogP contribution is -2.44. The lowest BCUT2D eigenvalue weighted by molar-refractivity contribution is -0.0208. The fourth-order valence-electron chi connectivity index (χ4n) is 5.51. The van der Waals surface area contributed by atoms with E-state index in [0.29, 0.717) is 21.5 Å². The highest BCUT2D eigenvalue weighted by atomic mass is 123. The number of hydrogen-bond acceptors (Lipinski definition) is 2. The summed E-state index contributed by atoms with van der Waals surface area (Å²) in [6.45, 7) is 2.32. The van der Waals surface area contributed by atoms with Crippen molar-refractivity contribution in [1.29, 1.82) is 0 Å². The average Bonchev–Trinajstić information content (AvgIpc) is 2.70. The number of phenolic OH excluding ortho intramolecular Hbond substituents is 1. The molecular weight excluding hydrogens is 371 g/mol. The molecular formula is C18H23IO2. The van der Waals surface area contributed by atoms with Crippen LogP contribution >= 0.6 is 22.6 Å². The van der Waals surface area contributed by atoms with E-state index in [-0.39, 0.29) is 11.5 Å². The van der Waals surface area contributed by atoms with Gasteiger partial charge in [-0.05, 0) is 78.5 Å². The van der Waals surface area contributed by atoms with Crippen molar-refractivity contribution in [3.63, 3.8) is 0 Å². The molecule has 21 heavy (non-hydrogen) atoms. The number of halogens is 1. The summed E-state index contributed by atoms with van der Waals surface area (Å²) >= 11 is 2.46. The first kappa shape index (κ1) is 14.3. The van der Waals surface area contributed by atoms with E-state index in [1.54, 1.807) is 0 Å². The van der Waals surface area contributed by atoms with Crippen LogP contribution in [0.3, 0.4) is 0 Å². The summed E-state index contributed by atoms with van der Waals surface area (Å²) in [6, 6.07) is 5.96. The van der Waals surface area contributed by atoms with Crippen molar-refractivity contribution in [1.82, 2.24) is 0 Å². The highest BCUT2D eigenvalue weighted by molar-refractivity contribution is 14.1. The minimum absolute atomic E-state index is 0.126. The lowest BCUT2D eigenvalue weighted by atomic mass is 9.55. The molecule has 1 aromatic rings. The molecule has 2 saturated carbocycles. The third-order valence-electron chi connectivity index (χ3n) is 6.65. The smallest absolute Gasteiger partial charge is 0.115 e. The molecule has 114 valence electrons. The van der Waals surface area contributed by atoms with Gasteiger partial charge in [0.15, 0.2) is 0 Å². The summed E-state index contributed by atoms with van der Waals surface area (Å²) in [4.78, 5) is 0. The topological polar surface area (TPSA) is 40.5 Å². The van der Waals surface area contributed by atoms with Gasteiger partial charge < -0.3 is 10.2 Å². The molecule has 0 aliphatic heterocycles. The molecule has 0 bridgehead atoms. The zero-order valence-electron chi connectivity index (χ0n) is 12.4. The van der Waals surface area contributed by atoms with Gasteiger partial charge in [0.1, 0.15) is 5.75 Å². The molecule has 2 fully saturated rings. The Morgan fingerprint density at radius 1 is 1.29 bits per heavy atom. The summed E-state index contributed by atoms with van der Waals surface area (Å²) in [5.41, 5.74) is 2.95. The van der Waals surface area contributed by atoms with Crippen LogP contribution in [0.2, 0.25) is 0 Å². The van der Waals surface area contributed by atoms with Gasteiger partial charge in [-0.3, -0.25) is 0 Å². The van der Waals surface area contributed by atoms with Crippen molar-refractivity contribution < 1.29 is 10.2 Å². The van der Waals surface area contributed by atoms with Crippen molar-refractivity contribution in [3.05, 3.63) is 29.3 Å². The van der Waals surface area contributed by atoms with Gasteiger partial charge in [0.25, 0.3) is 0 Å². The SMILES string of the molecule is C[C@]12CC[C@@H]3c4ccc(O)cc4CC[C@H]3[C@@H]1C[C@@H]([123I])[C@@H]2O.